The molecule has 210 valence electrons. The molecule has 0 aliphatic carbocycles. The Kier molecular flexibility index (Phi) is 5.65. The number of hydrogen-bond donors (Lipinski definition) is 0. The van der Waals surface area contributed by atoms with Crippen LogP contribution in [-0.2, 0) is 6.18 Å². The predicted octanol–water partition coefficient (Wildman–Crippen LogP) is 10.4. The Bertz CT molecular complexity index is 2350. The zero-order chi connectivity index (χ0) is 30.0. The molecule has 0 aliphatic heterocycles. The SMILES string of the molecule is N#Cc1ccc(-c2cc(C(F)(F)F)ccc2-n2c3ccccc3c3ccccc32)c(-n2c3ccccc3c3ccccc32)c1. The van der Waals surface area contributed by atoms with Crippen LogP contribution in [0.15, 0.2) is 133 Å². The van der Waals surface area contributed by atoms with Crippen molar-refractivity contribution in [3.05, 3.63) is 145 Å². The Morgan fingerprint density at radius 2 is 0.932 bits per heavy atom. The van der Waals surface area contributed by atoms with Crippen LogP contribution >= 0.6 is 0 Å². The largest absolute Gasteiger partial charge is 0.416 e. The van der Waals surface area contributed by atoms with E-state index in [4.69, 9.17) is 0 Å². The average molecular weight is 578 g/mol. The number of nitriles is 1. The number of alkyl halides is 3. The molecule has 0 atom stereocenters. The minimum atomic E-state index is -4.55. The smallest absolute Gasteiger partial charge is 0.309 e. The number of para-hydroxylation sites is 4. The zero-order valence-electron chi connectivity index (χ0n) is 23.2. The minimum Gasteiger partial charge on any atom is -0.309 e. The normalized spacial score (nSPS) is 12.0. The summed E-state index contributed by atoms with van der Waals surface area (Å²) in [6.07, 6.45) is -4.55. The van der Waals surface area contributed by atoms with Crippen LogP contribution in [0.2, 0.25) is 0 Å². The third-order valence-corrected chi connectivity index (χ3v) is 8.38. The molecule has 6 heteroatoms. The maximum Gasteiger partial charge on any atom is 0.416 e. The lowest BCUT2D eigenvalue weighted by atomic mass is 9.97. The molecule has 3 nitrogen and oxygen atoms in total. The van der Waals surface area contributed by atoms with Gasteiger partial charge in [0.2, 0.25) is 0 Å². The fourth-order valence-electron chi connectivity index (χ4n) is 6.50. The van der Waals surface area contributed by atoms with E-state index in [0.29, 0.717) is 28.1 Å². The summed E-state index contributed by atoms with van der Waals surface area (Å²) < 4.78 is 47.0. The third kappa shape index (κ3) is 3.83. The summed E-state index contributed by atoms with van der Waals surface area (Å²) in [6.45, 7) is 0. The second-order valence-corrected chi connectivity index (χ2v) is 10.8. The lowest BCUT2D eigenvalue weighted by molar-refractivity contribution is -0.137. The van der Waals surface area contributed by atoms with Crippen LogP contribution in [0, 0.1) is 11.3 Å². The summed E-state index contributed by atoms with van der Waals surface area (Å²) in [5.74, 6) is 0. The summed E-state index contributed by atoms with van der Waals surface area (Å²) in [5.41, 5.74) is 5.48. The second-order valence-electron chi connectivity index (χ2n) is 10.8. The van der Waals surface area contributed by atoms with Gasteiger partial charge in [-0.3, -0.25) is 0 Å². The molecular formula is C38H22F3N3. The van der Waals surface area contributed by atoms with Crippen LogP contribution in [-0.4, -0.2) is 9.13 Å². The molecular weight excluding hydrogens is 555 g/mol. The molecule has 6 aromatic carbocycles. The molecule has 0 N–H and O–H groups in total. The molecule has 0 radical (unpaired) electrons. The van der Waals surface area contributed by atoms with Gasteiger partial charge in [0.05, 0.1) is 50.6 Å². The highest BCUT2D eigenvalue weighted by Gasteiger charge is 2.32. The van der Waals surface area contributed by atoms with Crippen LogP contribution in [0.1, 0.15) is 11.1 Å². The number of halogens is 3. The van der Waals surface area contributed by atoms with Crippen molar-refractivity contribution < 1.29 is 13.2 Å². The Labute approximate surface area is 250 Å². The Balaban J connectivity index is 1.53. The fourth-order valence-corrected chi connectivity index (χ4v) is 6.50. The topological polar surface area (TPSA) is 33.6 Å². The zero-order valence-corrected chi connectivity index (χ0v) is 23.2. The standard InChI is InChI=1S/C38H22F3N3/c39-38(40,41)25-18-20-36(43-32-13-5-1-9-26(32)27-10-2-6-14-33(27)43)31(22-25)30-19-17-24(23-42)21-37(30)44-34-15-7-3-11-28(34)29-12-4-8-16-35(29)44/h1-22H. The van der Waals surface area contributed by atoms with Crippen LogP contribution in [0.5, 0.6) is 0 Å². The van der Waals surface area contributed by atoms with Gasteiger partial charge < -0.3 is 9.13 Å². The molecule has 0 amide bonds. The summed E-state index contributed by atoms with van der Waals surface area (Å²) >= 11 is 0. The maximum atomic E-state index is 14.3. The molecule has 0 spiro atoms. The van der Waals surface area contributed by atoms with E-state index in [-0.39, 0.29) is 0 Å². The molecule has 0 saturated heterocycles. The first kappa shape index (κ1) is 25.9. The van der Waals surface area contributed by atoms with E-state index in [0.717, 1.165) is 49.7 Å². The Morgan fingerprint density at radius 3 is 1.39 bits per heavy atom. The number of nitrogens with zero attached hydrogens (tertiary/aromatic N) is 3. The number of fused-ring (bicyclic) bond motifs is 6. The number of hydrogen-bond acceptors (Lipinski definition) is 1. The third-order valence-electron chi connectivity index (χ3n) is 8.38. The summed E-state index contributed by atoms with van der Waals surface area (Å²) in [4.78, 5) is 0. The van der Waals surface area contributed by atoms with Crippen molar-refractivity contribution in [3.63, 3.8) is 0 Å². The number of rotatable bonds is 3. The van der Waals surface area contributed by atoms with E-state index in [1.807, 2.05) is 102 Å². The van der Waals surface area contributed by atoms with Crippen molar-refractivity contribution >= 4 is 43.6 Å². The molecule has 2 heterocycles. The van der Waals surface area contributed by atoms with Gasteiger partial charge in [-0.2, -0.15) is 18.4 Å². The maximum absolute atomic E-state index is 14.3. The predicted molar refractivity (Wildman–Crippen MR) is 170 cm³/mol. The van der Waals surface area contributed by atoms with Crippen LogP contribution < -0.4 is 0 Å². The second kappa shape index (κ2) is 9.62. The van der Waals surface area contributed by atoms with Crippen molar-refractivity contribution in [2.24, 2.45) is 0 Å². The highest BCUT2D eigenvalue weighted by atomic mass is 19.4. The lowest BCUT2D eigenvalue weighted by Gasteiger charge is -2.20. The first-order chi connectivity index (χ1) is 21.4. The van der Waals surface area contributed by atoms with Crippen LogP contribution in [0.25, 0.3) is 66.1 Å². The first-order valence-electron chi connectivity index (χ1n) is 14.2. The Morgan fingerprint density at radius 1 is 0.477 bits per heavy atom. The van der Waals surface area contributed by atoms with Gasteiger partial charge in [-0.05, 0) is 54.6 Å². The Hall–Kier alpha value is -5.80. The number of aromatic nitrogens is 2. The quantitative estimate of drug-likeness (QED) is 0.206. The molecule has 0 unspecified atom stereocenters. The highest BCUT2D eigenvalue weighted by Crippen LogP contribution is 2.43. The number of benzene rings is 6. The van der Waals surface area contributed by atoms with Crippen molar-refractivity contribution in [2.75, 3.05) is 0 Å². The van der Waals surface area contributed by atoms with E-state index >= 15 is 0 Å². The fraction of sp³-hybridized carbons (Fsp3) is 0.0263. The van der Waals surface area contributed by atoms with Gasteiger partial charge in [0.15, 0.2) is 0 Å². The summed E-state index contributed by atoms with van der Waals surface area (Å²) in [6, 6.07) is 43.1. The molecule has 8 rings (SSSR count). The van der Waals surface area contributed by atoms with Crippen molar-refractivity contribution in [3.8, 4) is 28.6 Å². The van der Waals surface area contributed by atoms with Gasteiger partial charge in [0, 0.05) is 32.7 Å². The van der Waals surface area contributed by atoms with E-state index in [2.05, 4.69) is 10.6 Å². The molecule has 0 fully saturated rings. The van der Waals surface area contributed by atoms with Crippen LogP contribution in [0.3, 0.4) is 0 Å². The monoisotopic (exact) mass is 577 g/mol. The van der Waals surface area contributed by atoms with E-state index in [9.17, 15) is 18.4 Å². The van der Waals surface area contributed by atoms with Gasteiger partial charge in [-0.25, -0.2) is 0 Å². The van der Waals surface area contributed by atoms with E-state index < -0.39 is 11.7 Å². The lowest BCUT2D eigenvalue weighted by Crippen LogP contribution is -2.08. The van der Waals surface area contributed by atoms with Crippen LogP contribution in [0.4, 0.5) is 13.2 Å². The van der Waals surface area contributed by atoms with Gasteiger partial charge in [0.1, 0.15) is 0 Å². The minimum absolute atomic E-state index is 0.410. The molecule has 0 bridgehead atoms. The summed E-state index contributed by atoms with van der Waals surface area (Å²) in [5, 5.41) is 14.0. The van der Waals surface area contributed by atoms with Crippen molar-refractivity contribution in [1.82, 2.24) is 9.13 Å². The molecule has 0 saturated carbocycles. The van der Waals surface area contributed by atoms with E-state index in [1.54, 1.807) is 24.3 Å². The molecule has 2 aromatic heterocycles. The highest BCUT2D eigenvalue weighted by molar-refractivity contribution is 6.11. The van der Waals surface area contributed by atoms with Gasteiger partial charge >= 0.3 is 6.18 Å². The molecule has 44 heavy (non-hydrogen) atoms. The van der Waals surface area contributed by atoms with Gasteiger partial charge in [-0.15, -0.1) is 0 Å². The van der Waals surface area contributed by atoms with Gasteiger partial charge in [0.25, 0.3) is 0 Å². The van der Waals surface area contributed by atoms with Crippen molar-refractivity contribution in [1.29, 1.82) is 5.26 Å². The molecule has 8 aromatic rings. The van der Waals surface area contributed by atoms with Crippen molar-refractivity contribution in [2.45, 2.75) is 6.18 Å². The first-order valence-corrected chi connectivity index (χ1v) is 14.2. The van der Waals surface area contributed by atoms with Gasteiger partial charge in [-0.1, -0.05) is 78.9 Å². The van der Waals surface area contributed by atoms with E-state index in [1.165, 1.54) is 6.07 Å². The average Bonchev–Trinajstić information content (AvgIpc) is 3.57. The molecule has 0 aliphatic rings. The summed E-state index contributed by atoms with van der Waals surface area (Å²) in [7, 11) is 0.